The van der Waals surface area contributed by atoms with Crippen molar-refractivity contribution in [3.8, 4) is 11.5 Å². The van der Waals surface area contributed by atoms with Gasteiger partial charge in [-0.2, -0.15) is 5.10 Å². The lowest BCUT2D eigenvalue weighted by Crippen LogP contribution is -2.08. The van der Waals surface area contributed by atoms with Gasteiger partial charge in [-0.25, -0.2) is 5.10 Å². The number of hydrogen-bond donors (Lipinski definition) is 1. The van der Waals surface area contributed by atoms with Crippen LogP contribution < -0.4 is 15.0 Å². The van der Waals surface area contributed by atoms with Crippen LogP contribution >= 0.6 is 0 Å². The van der Waals surface area contributed by atoms with Crippen molar-refractivity contribution in [1.82, 2.24) is 10.2 Å². The van der Waals surface area contributed by atoms with Crippen molar-refractivity contribution in [3.63, 3.8) is 0 Å². The molecule has 78 valence electrons. The maximum absolute atomic E-state index is 11.5. The lowest BCUT2D eigenvalue weighted by molar-refractivity contribution is 0.398. The maximum Gasteiger partial charge on any atom is 0.272 e. The number of nitrogens with zero attached hydrogens (tertiary/aromatic N) is 1. The van der Waals surface area contributed by atoms with Gasteiger partial charge in [0.2, 0.25) is 0 Å². The predicted molar refractivity (Wildman–Crippen MR) is 55.5 cm³/mol. The fourth-order valence-corrected chi connectivity index (χ4v) is 1.42. The number of aromatic nitrogens is 2. The second-order valence-electron chi connectivity index (χ2n) is 2.99. The number of nitrogens with one attached hydrogen (secondary N) is 1. The van der Waals surface area contributed by atoms with Gasteiger partial charge in [-0.3, -0.25) is 4.79 Å². The van der Waals surface area contributed by atoms with E-state index in [0.29, 0.717) is 22.3 Å². The van der Waals surface area contributed by atoms with Gasteiger partial charge >= 0.3 is 0 Å². The van der Waals surface area contributed by atoms with E-state index in [0.717, 1.165) is 0 Å². The Balaban J connectivity index is 2.87. The molecule has 0 aliphatic carbocycles. The van der Waals surface area contributed by atoms with Crippen LogP contribution in [0, 0.1) is 0 Å². The van der Waals surface area contributed by atoms with Crippen molar-refractivity contribution in [2.75, 3.05) is 14.2 Å². The lowest BCUT2D eigenvalue weighted by atomic mass is 10.2. The summed E-state index contributed by atoms with van der Waals surface area (Å²) in [5.74, 6) is 1.15. The Labute approximate surface area is 85.6 Å². The minimum atomic E-state index is -0.260. The first-order valence-corrected chi connectivity index (χ1v) is 4.35. The summed E-state index contributed by atoms with van der Waals surface area (Å²) in [6, 6.07) is 3.36. The summed E-state index contributed by atoms with van der Waals surface area (Å²) < 4.78 is 10.2. The first-order valence-electron chi connectivity index (χ1n) is 4.35. The van der Waals surface area contributed by atoms with Gasteiger partial charge in [-0.15, -0.1) is 0 Å². The van der Waals surface area contributed by atoms with Gasteiger partial charge in [-0.05, 0) is 6.07 Å². The molecular formula is C10H10N2O3. The van der Waals surface area contributed by atoms with Gasteiger partial charge in [0.05, 0.1) is 25.8 Å². The standard InChI is InChI=1S/C10H10N2O3/c1-14-6-3-7-8(9(4-6)15-2)5-11-12-10(7)13/h3-5H,1-2H3,(H,12,13). The normalized spacial score (nSPS) is 10.3. The summed E-state index contributed by atoms with van der Waals surface area (Å²) >= 11 is 0. The summed E-state index contributed by atoms with van der Waals surface area (Å²) in [4.78, 5) is 11.5. The molecule has 1 N–H and O–H groups in total. The number of H-pyrrole nitrogens is 1. The van der Waals surface area contributed by atoms with E-state index in [1.807, 2.05) is 0 Å². The van der Waals surface area contributed by atoms with Crippen LogP contribution in [0.25, 0.3) is 10.8 Å². The second-order valence-corrected chi connectivity index (χ2v) is 2.99. The second kappa shape index (κ2) is 3.61. The highest BCUT2D eigenvalue weighted by Gasteiger charge is 2.07. The first-order chi connectivity index (χ1) is 7.26. The van der Waals surface area contributed by atoms with Crippen molar-refractivity contribution in [2.24, 2.45) is 0 Å². The summed E-state index contributed by atoms with van der Waals surface area (Å²) in [5, 5.41) is 7.25. The predicted octanol–water partition coefficient (Wildman–Crippen LogP) is 0.940. The third kappa shape index (κ3) is 1.52. The van der Waals surface area contributed by atoms with Crippen molar-refractivity contribution in [3.05, 3.63) is 28.7 Å². The van der Waals surface area contributed by atoms with Crippen molar-refractivity contribution < 1.29 is 9.47 Å². The molecule has 1 aromatic carbocycles. The minimum absolute atomic E-state index is 0.260. The van der Waals surface area contributed by atoms with E-state index < -0.39 is 0 Å². The molecule has 0 saturated carbocycles. The maximum atomic E-state index is 11.5. The average molecular weight is 206 g/mol. The van der Waals surface area contributed by atoms with Gasteiger partial charge in [-0.1, -0.05) is 0 Å². The van der Waals surface area contributed by atoms with E-state index in [-0.39, 0.29) is 5.56 Å². The van der Waals surface area contributed by atoms with Crippen LogP contribution in [-0.2, 0) is 0 Å². The topological polar surface area (TPSA) is 64.2 Å². The Morgan fingerprint density at radius 1 is 1.20 bits per heavy atom. The zero-order chi connectivity index (χ0) is 10.8. The van der Waals surface area contributed by atoms with Crippen molar-refractivity contribution >= 4 is 10.8 Å². The van der Waals surface area contributed by atoms with Gasteiger partial charge in [0.15, 0.2) is 0 Å². The molecule has 0 amide bonds. The van der Waals surface area contributed by atoms with Crippen molar-refractivity contribution in [1.29, 1.82) is 0 Å². The number of fused-ring (bicyclic) bond motifs is 1. The molecule has 2 rings (SSSR count). The summed E-state index contributed by atoms with van der Waals surface area (Å²) in [7, 11) is 3.07. The number of ether oxygens (including phenoxy) is 2. The van der Waals surface area contributed by atoms with Crippen LogP contribution in [0.15, 0.2) is 23.1 Å². The number of aromatic amines is 1. The highest BCUT2D eigenvalue weighted by atomic mass is 16.5. The Bertz CT molecular complexity index is 548. The molecule has 0 spiro atoms. The monoisotopic (exact) mass is 206 g/mol. The zero-order valence-electron chi connectivity index (χ0n) is 8.40. The molecule has 5 nitrogen and oxygen atoms in total. The number of rotatable bonds is 2. The van der Waals surface area contributed by atoms with Crippen LogP contribution in [0.5, 0.6) is 11.5 Å². The van der Waals surface area contributed by atoms with Crippen LogP contribution in [0.1, 0.15) is 0 Å². The van der Waals surface area contributed by atoms with Gasteiger partial charge in [0, 0.05) is 11.5 Å². The highest BCUT2D eigenvalue weighted by Crippen LogP contribution is 2.28. The summed E-state index contributed by atoms with van der Waals surface area (Å²) in [6.07, 6.45) is 1.55. The molecule has 0 aliphatic heterocycles. The Hall–Kier alpha value is -2.04. The van der Waals surface area contributed by atoms with Gasteiger partial charge in [0.1, 0.15) is 11.5 Å². The molecule has 0 fully saturated rings. The molecule has 0 radical (unpaired) electrons. The van der Waals surface area contributed by atoms with Crippen LogP contribution in [-0.4, -0.2) is 24.4 Å². The van der Waals surface area contributed by atoms with E-state index in [1.165, 1.54) is 14.2 Å². The molecular weight excluding hydrogens is 196 g/mol. The van der Waals surface area contributed by atoms with Gasteiger partial charge < -0.3 is 9.47 Å². The van der Waals surface area contributed by atoms with E-state index in [4.69, 9.17) is 9.47 Å². The van der Waals surface area contributed by atoms with Crippen LogP contribution in [0.2, 0.25) is 0 Å². The van der Waals surface area contributed by atoms with Crippen LogP contribution in [0.4, 0.5) is 0 Å². The smallest absolute Gasteiger partial charge is 0.272 e. The fourth-order valence-electron chi connectivity index (χ4n) is 1.42. The zero-order valence-corrected chi connectivity index (χ0v) is 8.40. The first kappa shape index (κ1) is 9.51. The lowest BCUT2D eigenvalue weighted by Gasteiger charge is -2.06. The Kier molecular flexibility index (Phi) is 2.29. The average Bonchev–Trinajstić information content (AvgIpc) is 2.28. The largest absolute Gasteiger partial charge is 0.497 e. The molecule has 1 aromatic heterocycles. The summed E-state index contributed by atoms with van der Waals surface area (Å²) in [6.45, 7) is 0. The number of hydrogen-bond acceptors (Lipinski definition) is 4. The molecule has 5 heteroatoms. The quantitative estimate of drug-likeness (QED) is 0.794. The van der Waals surface area contributed by atoms with E-state index in [1.54, 1.807) is 18.3 Å². The third-order valence-electron chi connectivity index (χ3n) is 2.18. The molecule has 0 saturated heterocycles. The van der Waals surface area contributed by atoms with Crippen molar-refractivity contribution in [2.45, 2.75) is 0 Å². The molecule has 0 bridgehead atoms. The molecule has 0 unspecified atom stereocenters. The van der Waals surface area contributed by atoms with Gasteiger partial charge in [0.25, 0.3) is 5.56 Å². The van der Waals surface area contributed by atoms with E-state index >= 15 is 0 Å². The Morgan fingerprint density at radius 3 is 2.67 bits per heavy atom. The molecule has 15 heavy (non-hydrogen) atoms. The minimum Gasteiger partial charge on any atom is -0.497 e. The Morgan fingerprint density at radius 2 is 2.00 bits per heavy atom. The van der Waals surface area contributed by atoms with E-state index in [2.05, 4.69) is 10.2 Å². The molecule has 2 aromatic rings. The number of methoxy groups -OCH3 is 2. The third-order valence-corrected chi connectivity index (χ3v) is 2.18. The van der Waals surface area contributed by atoms with Crippen LogP contribution in [0.3, 0.4) is 0 Å². The number of benzene rings is 1. The summed E-state index contributed by atoms with van der Waals surface area (Å²) in [5.41, 5.74) is -0.260. The SMILES string of the molecule is COc1cc(OC)c2cn[nH]c(=O)c2c1. The highest BCUT2D eigenvalue weighted by molar-refractivity contribution is 5.88. The fraction of sp³-hybridized carbons (Fsp3) is 0.200. The molecule has 0 aliphatic rings. The molecule has 0 atom stereocenters. The molecule has 1 heterocycles. The van der Waals surface area contributed by atoms with E-state index in [9.17, 15) is 4.79 Å².